The van der Waals surface area contributed by atoms with E-state index < -0.39 is 0 Å². The van der Waals surface area contributed by atoms with Gasteiger partial charge in [-0.2, -0.15) is 0 Å². The second kappa shape index (κ2) is 4.67. The fraction of sp³-hybridized carbons (Fsp3) is 0.500. The molecular weight excluding hydrogens is 192 g/mol. The molecule has 66 valence electrons. The average Bonchev–Trinajstić information content (AvgIpc) is 2.01. The third kappa shape index (κ3) is 3.41. The lowest BCUT2D eigenvalue weighted by Crippen LogP contribution is -1.92. The van der Waals surface area contributed by atoms with Crippen molar-refractivity contribution in [2.24, 2.45) is 5.92 Å². The summed E-state index contributed by atoms with van der Waals surface area (Å²) in [6.45, 7) is 4.35. The predicted molar refractivity (Wildman–Crippen MR) is 52.6 cm³/mol. The zero-order chi connectivity index (χ0) is 8.97. The standard InChI is InChI=1S/C8H11ClN2S/c1-6(2)5-12-7-3-4-10-8(9)11-7/h3-4,6H,5H2,1-2H3. The third-order valence-corrected chi connectivity index (χ3v) is 2.70. The van der Waals surface area contributed by atoms with Gasteiger partial charge in [0, 0.05) is 11.9 Å². The summed E-state index contributed by atoms with van der Waals surface area (Å²) in [6, 6.07) is 1.87. The highest BCUT2D eigenvalue weighted by Crippen LogP contribution is 2.18. The molecule has 2 nitrogen and oxygen atoms in total. The summed E-state index contributed by atoms with van der Waals surface area (Å²) < 4.78 is 0. The van der Waals surface area contributed by atoms with Crippen molar-refractivity contribution < 1.29 is 0 Å². The number of aromatic nitrogens is 2. The zero-order valence-corrected chi connectivity index (χ0v) is 8.69. The Balaban J connectivity index is 2.52. The molecular formula is C8H11ClN2S. The fourth-order valence-electron chi connectivity index (χ4n) is 0.652. The molecule has 1 aromatic heterocycles. The third-order valence-electron chi connectivity index (χ3n) is 1.17. The van der Waals surface area contributed by atoms with Gasteiger partial charge in [0.2, 0.25) is 5.28 Å². The van der Waals surface area contributed by atoms with E-state index in [1.54, 1.807) is 18.0 Å². The lowest BCUT2D eigenvalue weighted by atomic mass is 10.3. The first-order chi connectivity index (χ1) is 5.68. The van der Waals surface area contributed by atoms with Crippen LogP contribution in [0.5, 0.6) is 0 Å². The maximum Gasteiger partial charge on any atom is 0.223 e. The highest BCUT2D eigenvalue weighted by Gasteiger charge is 1.99. The summed E-state index contributed by atoms with van der Waals surface area (Å²) in [5.74, 6) is 1.73. The Morgan fingerprint density at radius 3 is 2.92 bits per heavy atom. The SMILES string of the molecule is CC(C)CSc1ccnc(Cl)n1. The van der Waals surface area contributed by atoms with Crippen molar-refractivity contribution in [2.45, 2.75) is 18.9 Å². The maximum absolute atomic E-state index is 5.62. The Morgan fingerprint density at radius 2 is 2.33 bits per heavy atom. The van der Waals surface area contributed by atoms with Crippen LogP contribution in [0.1, 0.15) is 13.8 Å². The second-order valence-corrected chi connectivity index (χ2v) is 4.25. The molecule has 0 bridgehead atoms. The minimum Gasteiger partial charge on any atom is -0.226 e. The van der Waals surface area contributed by atoms with Crippen molar-refractivity contribution in [2.75, 3.05) is 5.75 Å². The monoisotopic (exact) mass is 202 g/mol. The molecule has 0 radical (unpaired) electrons. The Kier molecular flexibility index (Phi) is 3.82. The molecule has 0 unspecified atom stereocenters. The van der Waals surface area contributed by atoms with E-state index in [9.17, 15) is 0 Å². The van der Waals surface area contributed by atoms with E-state index >= 15 is 0 Å². The minimum atomic E-state index is 0.323. The van der Waals surface area contributed by atoms with E-state index in [4.69, 9.17) is 11.6 Å². The van der Waals surface area contributed by atoms with Crippen LogP contribution in [0.25, 0.3) is 0 Å². The molecule has 0 amide bonds. The van der Waals surface area contributed by atoms with Crippen LogP contribution in [0.4, 0.5) is 0 Å². The summed E-state index contributed by atoms with van der Waals surface area (Å²) in [6.07, 6.45) is 1.68. The number of hydrogen-bond acceptors (Lipinski definition) is 3. The van der Waals surface area contributed by atoms with Gasteiger partial charge in [0.15, 0.2) is 0 Å². The van der Waals surface area contributed by atoms with Gasteiger partial charge in [-0.3, -0.25) is 0 Å². The lowest BCUT2D eigenvalue weighted by molar-refractivity contribution is 0.749. The van der Waals surface area contributed by atoms with Crippen molar-refractivity contribution in [3.63, 3.8) is 0 Å². The lowest BCUT2D eigenvalue weighted by Gasteiger charge is -2.02. The van der Waals surface area contributed by atoms with Gasteiger partial charge in [0.25, 0.3) is 0 Å². The smallest absolute Gasteiger partial charge is 0.223 e. The molecule has 0 spiro atoms. The fourth-order valence-corrected chi connectivity index (χ4v) is 1.66. The van der Waals surface area contributed by atoms with Crippen LogP contribution in [0.15, 0.2) is 17.3 Å². The van der Waals surface area contributed by atoms with Crippen molar-refractivity contribution in [3.05, 3.63) is 17.5 Å². The van der Waals surface area contributed by atoms with Crippen molar-refractivity contribution in [1.29, 1.82) is 0 Å². The summed E-state index contributed by atoms with van der Waals surface area (Å²) in [5, 5.41) is 1.27. The van der Waals surface area contributed by atoms with Crippen LogP contribution in [0.3, 0.4) is 0 Å². The molecule has 1 heterocycles. The molecule has 0 aromatic carbocycles. The van der Waals surface area contributed by atoms with Crippen LogP contribution in [0.2, 0.25) is 5.28 Å². The molecule has 0 aliphatic rings. The van der Waals surface area contributed by atoms with Gasteiger partial charge in [0.1, 0.15) is 5.03 Å². The van der Waals surface area contributed by atoms with Gasteiger partial charge in [-0.1, -0.05) is 13.8 Å². The molecule has 0 saturated heterocycles. The first-order valence-corrected chi connectivity index (χ1v) is 5.16. The topological polar surface area (TPSA) is 25.8 Å². The van der Waals surface area contributed by atoms with E-state index in [-0.39, 0.29) is 0 Å². The van der Waals surface area contributed by atoms with Crippen LogP contribution in [0, 0.1) is 5.92 Å². The van der Waals surface area contributed by atoms with E-state index in [0.717, 1.165) is 10.8 Å². The number of rotatable bonds is 3. The van der Waals surface area contributed by atoms with E-state index in [1.165, 1.54) is 0 Å². The minimum absolute atomic E-state index is 0.323. The maximum atomic E-state index is 5.62. The second-order valence-electron chi connectivity index (χ2n) is 2.87. The largest absolute Gasteiger partial charge is 0.226 e. The van der Waals surface area contributed by atoms with Gasteiger partial charge in [0.05, 0.1) is 0 Å². The van der Waals surface area contributed by atoms with Crippen molar-refractivity contribution in [1.82, 2.24) is 9.97 Å². The van der Waals surface area contributed by atoms with Crippen molar-refractivity contribution >= 4 is 23.4 Å². The number of thioether (sulfide) groups is 1. The Labute approximate surface area is 81.8 Å². The molecule has 0 aliphatic carbocycles. The summed E-state index contributed by atoms with van der Waals surface area (Å²) in [7, 11) is 0. The van der Waals surface area contributed by atoms with Crippen LogP contribution < -0.4 is 0 Å². The van der Waals surface area contributed by atoms with E-state index in [2.05, 4.69) is 23.8 Å². The first-order valence-electron chi connectivity index (χ1n) is 3.80. The van der Waals surface area contributed by atoms with Gasteiger partial charge < -0.3 is 0 Å². The van der Waals surface area contributed by atoms with E-state index in [1.807, 2.05) is 6.07 Å². The molecule has 1 rings (SSSR count). The number of halogens is 1. The Hall–Kier alpha value is -0.280. The molecule has 0 atom stereocenters. The van der Waals surface area contributed by atoms with Crippen LogP contribution in [-0.4, -0.2) is 15.7 Å². The number of hydrogen-bond donors (Lipinski definition) is 0. The molecule has 0 aliphatic heterocycles. The van der Waals surface area contributed by atoms with E-state index in [0.29, 0.717) is 11.2 Å². The first kappa shape index (κ1) is 9.81. The molecule has 0 N–H and O–H groups in total. The quantitative estimate of drug-likeness (QED) is 0.428. The van der Waals surface area contributed by atoms with Gasteiger partial charge >= 0.3 is 0 Å². The Morgan fingerprint density at radius 1 is 1.58 bits per heavy atom. The number of nitrogens with zero attached hydrogens (tertiary/aromatic N) is 2. The molecule has 1 aromatic rings. The zero-order valence-electron chi connectivity index (χ0n) is 7.12. The van der Waals surface area contributed by atoms with Gasteiger partial charge in [-0.15, -0.1) is 11.8 Å². The molecule has 4 heteroatoms. The average molecular weight is 203 g/mol. The summed E-state index contributed by atoms with van der Waals surface area (Å²) >= 11 is 7.33. The Bertz CT molecular complexity index is 253. The molecule has 0 saturated carbocycles. The van der Waals surface area contributed by atoms with Gasteiger partial charge in [-0.05, 0) is 23.6 Å². The van der Waals surface area contributed by atoms with Crippen LogP contribution >= 0.6 is 23.4 Å². The molecule has 0 fully saturated rings. The van der Waals surface area contributed by atoms with Crippen LogP contribution in [-0.2, 0) is 0 Å². The van der Waals surface area contributed by atoms with Crippen molar-refractivity contribution in [3.8, 4) is 0 Å². The normalized spacial score (nSPS) is 10.7. The highest BCUT2D eigenvalue weighted by atomic mass is 35.5. The predicted octanol–water partition coefficient (Wildman–Crippen LogP) is 2.88. The highest BCUT2D eigenvalue weighted by molar-refractivity contribution is 7.99. The molecule has 12 heavy (non-hydrogen) atoms. The summed E-state index contributed by atoms with van der Waals surface area (Å²) in [4.78, 5) is 7.87. The van der Waals surface area contributed by atoms with Gasteiger partial charge in [-0.25, -0.2) is 9.97 Å². The summed E-state index contributed by atoms with van der Waals surface area (Å²) in [5.41, 5.74) is 0.